The molecule has 42 heavy (non-hydrogen) atoms. The molecule has 0 radical (unpaired) electrons. The first kappa shape index (κ1) is 29.3. The molecular weight excluding hydrogens is 542 g/mol. The van der Waals surface area contributed by atoms with Gasteiger partial charge in [0.15, 0.2) is 0 Å². The molecule has 8 heteroatoms. The fourth-order valence-corrected chi connectivity index (χ4v) is 6.70. The number of carboxylic acids is 1. The van der Waals surface area contributed by atoms with Crippen molar-refractivity contribution in [3.63, 3.8) is 0 Å². The second-order valence-electron chi connectivity index (χ2n) is 12.3. The lowest BCUT2D eigenvalue weighted by Crippen LogP contribution is -2.50. The van der Waals surface area contributed by atoms with Gasteiger partial charge >= 0.3 is 5.97 Å². The Morgan fingerprint density at radius 3 is 2.14 bits per heavy atom. The van der Waals surface area contributed by atoms with E-state index in [0.29, 0.717) is 6.54 Å². The van der Waals surface area contributed by atoms with Crippen molar-refractivity contribution in [2.45, 2.75) is 70.8 Å². The normalized spacial score (nSPS) is 15.1. The lowest BCUT2D eigenvalue weighted by molar-refractivity contribution is -0.151. The Hall–Kier alpha value is -4.17. The summed E-state index contributed by atoms with van der Waals surface area (Å²) in [4.78, 5) is 33.1. The van der Waals surface area contributed by atoms with Crippen LogP contribution in [0.25, 0.3) is 0 Å². The molecule has 1 amide bonds. The maximum Gasteiger partial charge on any atom is 0.326 e. The Morgan fingerprint density at radius 2 is 1.60 bits per heavy atom. The predicted molar refractivity (Wildman–Crippen MR) is 166 cm³/mol. The Morgan fingerprint density at radius 1 is 0.976 bits per heavy atom. The van der Waals surface area contributed by atoms with Crippen LogP contribution in [-0.4, -0.2) is 46.5 Å². The van der Waals surface area contributed by atoms with E-state index in [1.54, 1.807) is 6.33 Å². The summed E-state index contributed by atoms with van der Waals surface area (Å²) in [6.45, 7) is 11.6. The molecule has 218 valence electrons. The molecule has 0 bridgehead atoms. The Kier molecular flexibility index (Phi) is 8.36. The van der Waals surface area contributed by atoms with Crippen molar-refractivity contribution in [1.82, 2.24) is 14.5 Å². The molecule has 5 rings (SSSR count). The van der Waals surface area contributed by atoms with Crippen LogP contribution >= 0.6 is 0 Å². The van der Waals surface area contributed by atoms with E-state index in [4.69, 9.17) is 9.41 Å². The second kappa shape index (κ2) is 12.0. The molecule has 0 aliphatic carbocycles. The van der Waals surface area contributed by atoms with Crippen LogP contribution in [0.5, 0.6) is 5.75 Å². The molecule has 1 N–H and O–H groups in total. The number of carboxylic acid groups (broad SMARTS) is 1. The summed E-state index contributed by atoms with van der Waals surface area (Å²) in [6.07, 6.45) is 1.97. The average molecular weight is 582 g/mol. The van der Waals surface area contributed by atoms with Gasteiger partial charge in [-0.25, -0.2) is 9.78 Å². The molecule has 2 heterocycles. The summed E-state index contributed by atoms with van der Waals surface area (Å²) >= 11 is 0. The third-order valence-electron chi connectivity index (χ3n) is 7.76. The molecule has 1 aliphatic rings. The third kappa shape index (κ3) is 6.04. The quantitative estimate of drug-likeness (QED) is 0.268. The number of aromatic nitrogens is 2. The summed E-state index contributed by atoms with van der Waals surface area (Å²) in [6, 6.07) is 24.3. The highest BCUT2D eigenvalue weighted by molar-refractivity contribution is 6.49. The molecule has 3 aromatic carbocycles. The number of carbonyl (C=O) groups excluding carboxylic acids is 1. The van der Waals surface area contributed by atoms with Crippen molar-refractivity contribution in [2.24, 2.45) is 0 Å². The number of fused-ring (bicyclic) bond motifs is 1. The van der Waals surface area contributed by atoms with Crippen molar-refractivity contribution in [2.75, 3.05) is 0 Å². The molecule has 0 saturated carbocycles. The molecule has 7 nitrogen and oxygen atoms in total. The number of imidazole rings is 1. The number of hydrogen-bond acceptors (Lipinski definition) is 4. The first-order valence-corrected chi connectivity index (χ1v) is 17.3. The zero-order chi connectivity index (χ0) is 30.0. The summed E-state index contributed by atoms with van der Waals surface area (Å²) in [5, 5.41) is 10.4. The van der Waals surface area contributed by atoms with Crippen molar-refractivity contribution in [1.29, 1.82) is 0 Å². The van der Waals surface area contributed by atoms with Crippen LogP contribution in [-0.2, 0) is 34.5 Å². The van der Waals surface area contributed by atoms with Crippen LogP contribution in [0.2, 0.25) is 13.1 Å². The zero-order valence-corrected chi connectivity index (χ0v) is 26.1. The topological polar surface area (TPSA) is 84.7 Å². The summed E-state index contributed by atoms with van der Waals surface area (Å²) in [5.41, 5.74) is 5.38. The molecule has 1 aromatic heterocycles. The summed E-state index contributed by atoms with van der Waals surface area (Å²) < 4.78 is 8.36. The number of hydrogen-bond donors (Lipinski definition) is 1. The molecular formula is C34H39N3O4Si. The fourth-order valence-electron chi connectivity index (χ4n) is 6.00. The maximum atomic E-state index is 14.2. The van der Waals surface area contributed by atoms with Gasteiger partial charge in [-0.2, -0.15) is 0 Å². The lowest BCUT2D eigenvalue weighted by atomic mass is 9.83. The Balaban J connectivity index is 1.50. The maximum absolute atomic E-state index is 14.2. The standard InChI is InChI=1S/C34H39N3O4Si/c1-34(2,3)31-25(17-12-18-29(31)41-42(4)5)20-36-22-35-26-21-37(28(33(39)40)19-27(26)36)32(38)30(23-13-8-6-9-14-23)24-15-10-7-11-16-24/h6-18,22,28,30,42H,19-21H2,1-5H3,(H,39,40). The number of carbonyl (C=O) groups is 2. The number of amides is 1. The van der Waals surface area contributed by atoms with E-state index in [0.717, 1.165) is 39.4 Å². The molecule has 0 fully saturated rings. The Bertz CT molecular complexity index is 1520. The molecule has 1 atom stereocenters. The van der Waals surface area contributed by atoms with Crippen LogP contribution in [0.15, 0.2) is 85.2 Å². The number of benzene rings is 3. The van der Waals surface area contributed by atoms with Gasteiger partial charge in [0.1, 0.15) is 11.8 Å². The van der Waals surface area contributed by atoms with E-state index in [-0.39, 0.29) is 24.3 Å². The van der Waals surface area contributed by atoms with Gasteiger partial charge in [-0.15, -0.1) is 0 Å². The van der Waals surface area contributed by atoms with Crippen LogP contribution in [0.1, 0.15) is 60.3 Å². The summed E-state index contributed by atoms with van der Waals surface area (Å²) in [7, 11) is -1.32. The van der Waals surface area contributed by atoms with Crippen LogP contribution in [0.3, 0.4) is 0 Å². The van der Waals surface area contributed by atoms with E-state index in [1.165, 1.54) is 4.90 Å². The van der Waals surface area contributed by atoms with Gasteiger partial charge in [-0.05, 0) is 41.3 Å². The number of nitrogens with zero attached hydrogens (tertiary/aromatic N) is 3. The zero-order valence-electron chi connectivity index (χ0n) is 24.9. The Labute approximate surface area is 249 Å². The van der Waals surface area contributed by atoms with E-state index in [1.807, 2.05) is 77.4 Å². The molecule has 1 aliphatic heterocycles. The second-order valence-corrected chi connectivity index (χ2v) is 14.6. The fraction of sp³-hybridized carbons (Fsp3) is 0.324. The van der Waals surface area contributed by atoms with Gasteiger partial charge in [-0.3, -0.25) is 4.79 Å². The van der Waals surface area contributed by atoms with Gasteiger partial charge in [0.25, 0.3) is 0 Å². The predicted octanol–water partition coefficient (Wildman–Crippen LogP) is 5.76. The minimum Gasteiger partial charge on any atom is -0.547 e. The van der Waals surface area contributed by atoms with Crippen molar-refractivity contribution in [3.8, 4) is 5.75 Å². The van der Waals surface area contributed by atoms with Gasteiger partial charge < -0.3 is 19.0 Å². The van der Waals surface area contributed by atoms with Crippen LogP contribution in [0.4, 0.5) is 0 Å². The van der Waals surface area contributed by atoms with Crippen LogP contribution < -0.4 is 4.43 Å². The lowest BCUT2D eigenvalue weighted by Gasteiger charge is -2.36. The van der Waals surface area contributed by atoms with Crippen LogP contribution in [0, 0.1) is 0 Å². The highest BCUT2D eigenvalue weighted by atomic mass is 28.3. The molecule has 0 saturated heterocycles. The van der Waals surface area contributed by atoms with E-state index in [9.17, 15) is 14.7 Å². The first-order valence-electron chi connectivity index (χ1n) is 14.5. The number of rotatable bonds is 8. The van der Waals surface area contributed by atoms with Crippen molar-refractivity contribution >= 4 is 20.9 Å². The number of aliphatic carboxylic acids is 1. The minimum absolute atomic E-state index is 0.141. The van der Waals surface area contributed by atoms with Gasteiger partial charge in [0.05, 0.1) is 24.5 Å². The largest absolute Gasteiger partial charge is 0.547 e. The van der Waals surface area contributed by atoms with E-state index >= 15 is 0 Å². The highest BCUT2D eigenvalue weighted by Crippen LogP contribution is 2.36. The van der Waals surface area contributed by atoms with Gasteiger partial charge in [-0.1, -0.05) is 93.6 Å². The molecule has 4 aromatic rings. The SMILES string of the molecule is C[SiH](C)Oc1cccc(Cn2cnc3c2CC(C(=O)O)N(C(=O)C(c2ccccc2)c2ccccc2)C3)c1C(C)(C)C. The molecule has 1 unspecified atom stereocenters. The average Bonchev–Trinajstić information content (AvgIpc) is 3.34. The minimum atomic E-state index is -1.32. The van der Waals surface area contributed by atoms with Crippen molar-refractivity contribution in [3.05, 3.63) is 119 Å². The highest BCUT2D eigenvalue weighted by Gasteiger charge is 2.40. The third-order valence-corrected chi connectivity index (χ3v) is 8.49. The van der Waals surface area contributed by atoms with Gasteiger partial charge in [0, 0.05) is 24.2 Å². The van der Waals surface area contributed by atoms with E-state index < -0.39 is 27.0 Å². The molecule has 0 spiro atoms. The first-order chi connectivity index (χ1) is 20.0. The van der Waals surface area contributed by atoms with E-state index in [2.05, 4.69) is 39.9 Å². The monoisotopic (exact) mass is 581 g/mol. The summed E-state index contributed by atoms with van der Waals surface area (Å²) in [5.74, 6) is -0.949. The smallest absolute Gasteiger partial charge is 0.326 e. The van der Waals surface area contributed by atoms with Gasteiger partial charge in [0.2, 0.25) is 14.9 Å². The van der Waals surface area contributed by atoms with Crippen molar-refractivity contribution < 1.29 is 19.1 Å².